The molecule has 1 heterocycles. The molecule has 0 aromatic rings. The van der Waals surface area contributed by atoms with E-state index in [1.165, 1.54) is 25.9 Å². The molecule has 2 atom stereocenters. The lowest BCUT2D eigenvalue weighted by Crippen LogP contribution is -2.62. The number of hydrogen-bond acceptors (Lipinski definition) is 2. The van der Waals surface area contributed by atoms with Gasteiger partial charge in [-0.05, 0) is 26.3 Å². The molecule has 0 aliphatic carbocycles. The maximum atomic E-state index is 3.63. The third kappa shape index (κ3) is 2.23. The smallest absolute Gasteiger partial charge is 0.0303 e. The van der Waals surface area contributed by atoms with Crippen LogP contribution in [0.4, 0.5) is 0 Å². The first-order valence-corrected chi connectivity index (χ1v) is 5.64. The summed E-state index contributed by atoms with van der Waals surface area (Å²) in [5.74, 6) is 0. The molecule has 0 saturated carbocycles. The summed E-state index contributed by atoms with van der Waals surface area (Å²) in [4.78, 5) is 2.62. The third-order valence-electron chi connectivity index (χ3n) is 3.61. The zero-order valence-corrected chi connectivity index (χ0v) is 9.56. The van der Waals surface area contributed by atoms with Crippen LogP contribution in [0.25, 0.3) is 0 Å². The summed E-state index contributed by atoms with van der Waals surface area (Å²) in [6.07, 6.45) is 2.49. The minimum absolute atomic E-state index is 0.389. The zero-order valence-electron chi connectivity index (χ0n) is 9.56. The summed E-state index contributed by atoms with van der Waals surface area (Å²) in [7, 11) is 0. The first-order chi connectivity index (χ1) is 6.16. The molecule has 0 aromatic carbocycles. The normalized spacial score (nSPS) is 36.5. The van der Waals surface area contributed by atoms with E-state index >= 15 is 0 Å². The van der Waals surface area contributed by atoms with Crippen molar-refractivity contribution in [3.63, 3.8) is 0 Å². The third-order valence-corrected chi connectivity index (χ3v) is 3.61. The Balaban J connectivity index is 2.60. The Bertz CT molecular complexity index is 158. The van der Waals surface area contributed by atoms with Crippen molar-refractivity contribution >= 4 is 0 Å². The lowest BCUT2D eigenvalue weighted by molar-refractivity contribution is 0.0534. The number of hydrogen-bond donors (Lipinski definition) is 1. The van der Waals surface area contributed by atoms with Crippen LogP contribution < -0.4 is 5.32 Å². The molecule has 1 aliphatic rings. The second-order valence-electron chi connectivity index (χ2n) is 4.38. The van der Waals surface area contributed by atoms with Crippen molar-refractivity contribution in [1.82, 2.24) is 10.2 Å². The van der Waals surface area contributed by atoms with Gasteiger partial charge in [-0.1, -0.05) is 20.8 Å². The Morgan fingerprint density at radius 3 is 2.54 bits per heavy atom. The van der Waals surface area contributed by atoms with E-state index in [0.29, 0.717) is 11.6 Å². The Morgan fingerprint density at radius 1 is 1.38 bits per heavy atom. The first-order valence-electron chi connectivity index (χ1n) is 5.64. The summed E-state index contributed by atoms with van der Waals surface area (Å²) < 4.78 is 0. The van der Waals surface area contributed by atoms with Crippen LogP contribution in [0.2, 0.25) is 0 Å². The fraction of sp³-hybridized carbons (Fsp3) is 1.00. The van der Waals surface area contributed by atoms with E-state index in [0.717, 1.165) is 6.54 Å². The van der Waals surface area contributed by atoms with Crippen molar-refractivity contribution in [2.24, 2.45) is 0 Å². The highest BCUT2D eigenvalue weighted by molar-refractivity contribution is 4.94. The van der Waals surface area contributed by atoms with Gasteiger partial charge in [-0.25, -0.2) is 0 Å². The summed E-state index contributed by atoms with van der Waals surface area (Å²) in [6, 6.07) is 0.708. The second kappa shape index (κ2) is 4.43. The molecular formula is C11H24N2. The molecule has 0 radical (unpaired) electrons. The average Bonchev–Trinajstić information content (AvgIpc) is 2.18. The van der Waals surface area contributed by atoms with Crippen LogP contribution in [-0.4, -0.2) is 36.1 Å². The molecule has 1 saturated heterocycles. The molecule has 1 aliphatic heterocycles. The first kappa shape index (κ1) is 11.0. The van der Waals surface area contributed by atoms with Crippen molar-refractivity contribution in [3.8, 4) is 0 Å². The topological polar surface area (TPSA) is 15.3 Å². The van der Waals surface area contributed by atoms with E-state index in [-0.39, 0.29) is 0 Å². The molecular weight excluding hydrogens is 160 g/mol. The minimum atomic E-state index is 0.389. The van der Waals surface area contributed by atoms with Crippen molar-refractivity contribution < 1.29 is 0 Å². The number of nitrogens with zero attached hydrogens (tertiary/aromatic N) is 1. The highest BCUT2D eigenvalue weighted by atomic mass is 15.3. The highest BCUT2D eigenvalue weighted by Crippen LogP contribution is 2.22. The summed E-state index contributed by atoms with van der Waals surface area (Å²) in [6.45, 7) is 12.7. The molecule has 0 aromatic heterocycles. The molecule has 1 N–H and O–H groups in total. The van der Waals surface area contributed by atoms with Gasteiger partial charge in [0.05, 0.1) is 0 Å². The van der Waals surface area contributed by atoms with Gasteiger partial charge in [-0.2, -0.15) is 0 Å². The molecule has 2 unspecified atom stereocenters. The van der Waals surface area contributed by atoms with Gasteiger partial charge in [0.25, 0.3) is 0 Å². The molecule has 1 fully saturated rings. The van der Waals surface area contributed by atoms with E-state index in [4.69, 9.17) is 0 Å². The maximum absolute atomic E-state index is 3.63. The van der Waals surface area contributed by atoms with Gasteiger partial charge in [0.2, 0.25) is 0 Å². The van der Waals surface area contributed by atoms with E-state index in [1.54, 1.807) is 0 Å². The highest BCUT2D eigenvalue weighted by Gasteiger charge is 2.34. The number of piperazine rings is 1. The standard InChI is InChI=1S/C11H24N2/c1-5-10-8-13(7-3)11(4,6-2)9-12-10/h10,12H,5-9H2,1-4H3. The van der Waals surface area contributed by atoms with E-state index in [2.05, 4.69) is 37.9 Å². The molecule has 2 nitrogen and oxygen atoms in total. The molecule has 1 rings (SSSR count). The van der Waals surface area contributed by atoms with Crippen molar-refractivity contribution in [3.05, 3.63) is 0 Å². The second-order valence-corrected chi connectivity index (χ2v) is 4.38. The van der Waals surface area contributed by atoms with Gasteiger partial charge >= 0.3 is 0 Å². The summed E-state index contributed by atoms with van der Waals surface area (Å²) in [5.41, 5.74) is 0.389. The van der Waals surface area contributed by atoms with Gasteiger partial charge < -0.3 is 5.32 Å². The van der Waals surface area contributed by atoms with Crippen LogP contribution in [0.15, 0.2) is 0 Å². The Hall–Kier alpha value is -0.0800. The lowest BCUT2D eigenvalue weighted by Gasteiger charge is -2.47. The quantitative estimate of drug-likeness (QED) is 0.720. The molecule has 0 spiro atoms. The maximum Gasteiger partial charge on any atom is 0.0303 e. The Morgan fingerprint density at radius 2 is 2.08 bits per heavy atom. The summed E-state index contributed by atoms with van der Waals surface area (Å²) >= 11 is 0. The van der Waals surface area contributed by atoms with Crippen molar-refractivity contribution in [2.75, 3.05) is 19.6 Å². The summed E-state index contributed by atoms with van der Waals surface area (Å²) in [5, 5.41) is 3.63. The van der Waals surface area contributed by atoms with Gasteiger partial charge in [-0.3, -0.25) is 4.90 Å². The zero-order chi connectivity index (χ0) is 9.90. The average molecular weight is 184 g/mol. The monoisotopic (exact) mass is 184 g/mol. The predicted molar refractivity (Wildman–Crippen MR) is 58.0 cm³/mol. The van der Waals surface area contributed by atoms with Gasteiger partial charge in [0.15, 0.2) is 0 Å². The molecule has 78 valence electrons. The fourth-order valence-electron chi connectivity index (χ4n) is 2.16. The number of nitrogens with one attached hydrogen (secondary N) is 1. The van der Waals surface area contributed by atoms with Crippen LogP contribution >= 0.6 is 0 Å². The lowest BCUT2D eigenvalue weighted by atomic mass is 9.92. The SMILES string of the molecule is CCC1CN(CC)C(C)(CC)CN1. The van der Waals surface area contributed by atoms with Gasteiger partial charge in [-0.15, -0.1) is 0 Å². The van der Waals surface area contributed by atoms with E-state index < -0.39 is 0 Å². The van der Waals surface area contributed by atoms with E-state index in [1.807, 2.05) is 0 Å². The molecule has 0 bridgehead atoms. The number of likely N-dealkylation sites (N-methyl/N-ethyl adjacent to an activating group) is 1. The Labute approximate surface area is 82.7 Å². The molecule has 0 amide bonds. The van der Waals surface area contributed by atoms with Gasteiger partial charge in [0.1, 0.15) is 0 Å². The van der Waals surface area contributed by atoms with Crippen LogP contribution in [0, 0.1) is 0 Å². The van der Waals surface area contributed by atoms with Gasteiger partial charge in [0, 0.05) is 24.7 Å². The van der Waals surface area contributed by atoms with Crippen LogP contribution in [-0.2, 0) is 0 Å². The predicted octanol–water partition coefficient (Wildman–Crippen LogP) is 1.86. The van der Waals surface area contributed by atoms with Crippen molar-refractivity contribution in [2.45, 2.75) is 52.1 Å². The molecule has 2 heteroatoms. The minimum Gasteiger partial charge on any atom is -0.311 e. The Kier molecular flexibility index (Phi) is 3.74. The molecule has 13 heavy (non-hydrogen) atoms. The van der Waals surface area contributed by atoms with Crippen molar-refractivity contribution in [1.29, 1.82) is 0 Å². The van der Waals surface area contributed by atoms with Crippen LogP contribution in [0.1, 0.15) is 40.5 Å². The van der Waals surface area contributed by atoms with Crippen LogP contribution in [0.3, 0.4) is 0 Å². The van der Waals surface area contributed by atoms with Crippen LogP contribution in [0.5, 0.6) is 0 Å². The number of rotatable bonds is 3. The van der Waals surface area contributed by atoms with E-state index in [9.17, 15) is 0 Å². The largest absolute Gasteiger partial charge is 0.311 e. The fourth-order valence-corrected chi connectivity index (χ4v) is 2.16.